The Morgan fingerprint density at radius 2 is 1.96 bits per heavy atom. The number of anilines is 3. The maximum Gasteiger partial charge on any atom is 0.234 e. The predicted octanol–water partition coefficient (Wildman–Crippen LogP) is 4.19. The summed E-state index contributed by atoms with van der Waals surface area (Å²) >= 11 is 2.69. The molecule has 6 nitrogen and oxygen atoms in total. The zero-order valence-electron chi connectivity index (χ0n) is 13.9. The molecule has 0 radical (unpaired) electrons. The normalized spacial score (nSPS) is 10.2. The molecule has 2 N–H and O–H groups in total. The van der Waals surface area contributed by atoms with Gasteiger partial charge in [-0.25, -0.2) is 0 Å². The Morgan fingerprint density at radius 3 is 2.73 bits per heavy atom. The molecule has 0 fully saturated rings. The fourth-order valence-electron chi connectivity index (χ4n) is 2.08. The molecule has 0 unspecified atom stereocenters. The SMILES string of the molecule is Cc1ccc(Nc2nnc(SCC(=O)Nc3ccccc3C#N)s2)cc1. The number of nitrogens with one attached hydrogen (secondary N) is 2. The Bertz CT molecular complexity index is 947. The van der Waals surface area contributed by atoms with Crippen LogP contribution in [0.15, 0.2) is 52.9 Å². The molecule has 0 aliphatic heterocycles. The molecule has 3 aromatic rings. The standard InChI is InChI=1S/C18H15N5OS2/c1-12-6-8-14(9-7-12)20-17-22-23-18(26-17)25-11-16(24)21-15-5-3-2-4-13(15)10-19/h2-9H,11H2,1H3,(H,20,22)(H,21,24). The number of carbonyl (C=O) groups is 1. The lowest BCUT2D eigenvalue weighted by Gasteiger charge is -2.05. The smallest absolute Gasteiger partial charge is 0.234 e. The molecule has 0 aliphatic carbocycles. The molecule has 0 aliphatic rings. The van der Waals surface area contributed by atoms with Crippen LogP contribution in [0.3, 0.4) is 0 Å². The molecule has 0 saturated carbocycles. The molecule has 0 saturated heterocycles. The average Bonchev–Trinajstić information content (AvgIpc) is 3.10. The van der Waals surface area contributed by atoms with Gasteiger partial charge < -0.3 is 10.6 Å². The predicted molar refractivity (Wildman–Crippen MR) is 105 cm³/mol. The van der Waals surface area contributed by atoms with E-state index in [2.05, 4.69) is 26.9 Å². The van der Waals surface area contributed by atoms with Crippen LogP contribution in [-0.2, 0) is 4.79 Å². The van der Waals surface area contributed by atoms with Crippen LogP contribution in [0.2, 0.25) is 0 Å². The van der Waals surface area contributed by atoms with Crippen LogP contribution < -0.4 is 10.6 Å². The average molecular weight is 381 g/mol. The van der Waals surface area contributed by atoms with Gasteiger partial charge in [0, 0.05) is 5.69 Å². The number of nitriles is 1. The first-order valence-corrected chi connectivity index (χ1v) is 9.53. The number of amides is 1. The summed E-state index contributed by atoms with van der Waals surface area (Å²) in [5, 5.41) is 23.8. The fraction of sp³-hybridized carbons (Fsp3) is 0.111. The van der Waals surface area contributed by atoms with Crippen molar-refractivity contribution in [3.8, 4) is 6.07 Å². The van der Waals surface area contributed by atoms with Gasteiger partial charge in [-0.05, 0) is 31.2 Å². The van der Waals surface area contributed by atoms with Gasteiger partial charge in [0.05, 0.1) is 17.0 Å². The van der Waals surface area contributed by atoms with Crippen molar-refractivity contribution in [2.45, 2.75) is 11.3 Å². The fourth-order valence-corrected chi connectivity index (χ4v) is 3.65. The van der Waals surface area contributed by atoms with Crippen molar-refractivity contribution in [3.05, 3.63) is 59.7 Å². The van der Waals surface area contributed by atoms with E-state index in [4.69, 9.17) is 5.26 Å². The molecule has 1 aromatic heterocycles. The number of nitrogens with zero attached hydrogens (tertiary/aromatic N) is 3. The van der Waals surface area contributed by atoms with Gasteiger partial charge in [0.1, 0.15) is 6.07 Å². The van der Waals surface area contributed by atoms with Crippen LogP contribution in [0.1, 0.15) is 11.1 Å². The highest BCUT2D eigenvalue weighted by atomic mass is 32.2. The second-order valence-corrected chi connectivity index (χ2v) is 7.56. The highest BCUT2D eigenvalue weighted by Gasteiger charge is 2.10. The number of hydrogen-bond acceptors (Lipinski definition) is 7. The number of aromatic nitrogens is 2. The second kappa shape index (κ2) is 8.47. The molecule has 2 aromatic carbocycles. The van der Waals surface area contributed by atoms with E-state index >= 15 is 0 Å². The largest absolute Gasteiger partial charge is 0.330 e. The minimum atomic E-state index is -0.194. The summed E-state index contributed by atoms with van der Waals surface area (Å²) < 4.78 is 0.698. The summed E-state index contributed by atoms with van der Waals surface area (Å²) in [4.78, 5) is 12.1. The molecule has 0 spiro atoms. The van der Waals surface area contributed by atoms with Gasteiger partial charge in [0.25, 0.3) is 0 Å². The highest BCUT2D eigenvalue weighted by Crippen LogP contribution is 2.28. The Balaban J connectivity index is 1.53. The van der Waals surface area contributed by atoms with E-state index in [1.807, 2.05) is 31.2 Å². The van der Waals surface area contributed by atoms with Crippen LogP contribution in [0.4, 0.5) is 16.5 Å². The Kier molecular flexibility index (Phi) is 5.84. The van der Waals surface area contributed by atoms with E-state index in [-0.39, 0.29) is 11.7 Å². The summed E-state index contributed by atoms with van der Waals surface area (Å²) in [6.45, 7) is 2.03. The lowest BCUT2D eigenvalue weighted by atomic mass is 10.2. The number of benzene rings is 2. The van der Waals surface area contributed by atoms with E-state index in [9.17, 15) is 4.79 Å². The van der Waals surface area contributed by atoms with Crippen molar-refractivity contribution in [2.24, 2.45) is 0 Å². The Hall–Kier alpha value is -2.89. The molecule has 0 bridgehead atoms. The number of thioether (sulfide) groups is 1. The van der Waals surface area contributed by atoms with Crippen molar-refractivity contribution >= 4 is 45.5 Å². The first-order valence-electron chi connectivity index (χ1n) is 7.73. The Labute approximate surface area is 159 Å². The maximum absolute atomic E-state index is 12.1. The molecule has 3 rings (SSSR count). The topological polar surface area (TPSA) is 90.7 Å². The number of aryl methyl sites for hydroxylation is 1. The number of hydrogen-bond donors (Lipinski definition) is 2. The molecule has 0 atom stereocenters. The van der Waals surface area contributed by atoms with E-state index in [1.54, 1.807) is 24.3 Å². The third-order valence-corrected chi connectivity index (χ3v) is 5.33. The van der Waals surface area contributed by atoms with Crippen LogP contribution in [0, 0.1) is 18.3 Å². The van der Waals surface area contributed by atoms with Gasteiger partial charge in [-0.1, -0.05) is 52.9 Å². The minimum absolute atomic E-state index is 0.193. The van der Waals surface area contributed by atoms with Gasteiger partial charge in [0.15, 0.2) is 4.34 Å². The van der Waals surface area contributed by atoms with Gasteiger partial charge in [0.2, 0.25) is 11.0 Å². The Morgan fingerprint density at radius 1 is 1.19 bits per heavy atom. The summed E-state index contributed by atoms with van der Waals surface area (Å²) in [5.41, 5.74) is 3.08. The van der Waals surface area contributed by atoms with Gasteiger partial charge >= 0.3 is 0 Å². The van der Waals surface area contributed by atoms with E-state index < -0.39 is 0 Å². The van der Waals surface area contributed by atoms with Crippen molar-refractivity contribution in [2.75, 3.05) is 16.4 Å². The quantitative estimate of drug-likeness (QED) is 0.622. The van der Waals surface area contributed by atoms with Gasteiger partial charge in [-0.3, -0.25) is 4.79 Å². The van der Waals surface area contributed by atoms with Gasteiger partial charge in [-0.15, -0.1) is 10.2 Å². The molecular formula is C18H15N5OS2. The van der Waals surface area contributed by atoms with E-state index in [0.717, 1.165) is 5.69 Å². The lowest BCUT2D eigenvalue weighted by molar-refractivity contribution is -0.113. The molecule has 130 valence electrons. The van der Waals surface area contributed by atoms with E-state index in [1.165, 1.54) is 28.7 Å². The van der Waals surface area contributed by atoms with Crippen LogP contribution in [0.5, 0.6) is 0 Å². The lowest BCUT2D eigenvalue weighted by Crippen LogP contribution is -2.14. The minimum Gasteiger partial charge on any atom is -0.330 e. The van der Waals surface area contributed by atoms with Crippen molar-refractivity contribution in [3.63, 3.8) is 0 Å². The van der Waals surface area contributed by atoms with Crippen LogP contribution in [0.25, 0.3) is 0 Å². The molecule has 8 heteroatoms. The maximum atomic E-state index is 12.1. The molecule has 1 heterocycles. The summed E-state index contributed by atoms with van der Waals surface area (Å²) in [6, 6.07) is 16.9. The van der Waals surface area contributed by atoms with Crippen molar-refractivity contribution in [1.29, 1.82) is 5.26 Å². The first-order chi connectivity index (χ1) is 12.6. The second-order valence-electron chi connectivity index (χ2n) is 5.36. The number of rotatable bonds is 6. The third kappa shape index (κ3) is 4.81. The number of carbonyl (C=O) groups excluding carboxylic acids is 1. The summed E-state index contributed by atoms with van der Waals surface area (Å²) in [7, 11) is 0. The number of para-hydroxylation sites is 1. The monoisotopic (exact) mass is 381 g/mol. The van der Waals surface area contributed by atoms with Crippen LogP contribution in [-0.4, -0.2) is 21.9 Å². The summed E-state index contributed by atoms with van der Waals surface area (Å²) in [5.74, 6) is -0.000190. The van der Waals surface area contributed by atoms with Crippen LogP contribution >= 0.6 is 23.1 Å². The highest BCUT2D eigenvalue weighted by molar-refractivity contribution is 8.01. The summed E-state index contributed by atoms with van der Waals surface area (Å²) in [6.07, 6.45) is 0. The molecule has 26 heavy (non-hydrogen) atoms. The van der Waals surface area contributed by atoms with Crippen molar-refractivity contribution < 1.29 is 4.79 Å². The zero-order valence-corrected chi connectivity index (χ0v) is 15.5. The molecule has 1 amide bonds. The first kappa shape index (κ1) is 17.9. The zero-order chi connectivity index (χ0) is 18.4. The van der Waals surface area contributed by atoms with E-state index in [0.29, 0.717) is 20.7 Å². The van der Waals surface area contributed by atoms with Crippen molar-refractivity contribution in [1.82, 2.24) is 10.2 Å². The molecular weight excluding hydrogens is 366 g/mol. The third-order valence-electron chi connectivity index (χ3n) is 3.36. The van der Waals surface area contributed by atoms with Gasteiger partial charge in [-0.2, -0.15) is 5.26 Å².